The monoisotopic (exact) mass is 358 g/mol. The SMILES string of the molecule is CCOP(=O)(OCC)O/C(=C\Cl)c1ccc(Cl)c(Cl)c1. The molecule has 0 radical (unpaired) electrons. The Kier molecular flexibility index (Phi) is 7.38. The van der Waals surface area contributed by atoms with Gasteiger partial charge in [0.2, 0.25) is 0 Å². The summed E-state index contributed by atoms with van der Waals surface area (Å²) in [5.74, 6) is 0.121. The number of hydrogen-bond acceptors (Lipinski definition) is 4. The van der Waals surface area contributed by atoms with Crippen LogP contribution >= 0.6 is 42.6 Å². The summed E-state index contributed by atoms with van der Waals surface area (Å²) in [6.45, 7) is 3.71. The van der Waals surface area contributed by atoms with E-state index >= 15 is 0 Å². The normalized spacial score (nSPS) is 12.6. The molecule has 0 saturated carbocycles. The lowest BCUT2D eigenvalue weighted by Crippen LogP contribution is -2.00. The van der Waals surface area contributed by atoms with Gasteiger partial charge in [0.15, 0.2) is 0 Å². The lowest BCUT2D eigenvalue weighted by Gasteiger charge is -2.18. The third kappa shape index (κ3) is 4.96. The molecule has 0 N–H and O–H groups in total. The van der Waals surface area contributed by atoms with Crippen molar-refractivity contribution in [3.63, 3.8) is 0 Å². The summed E-state index contributed by atoms with van der Waals surface area (Å²) in [6, 6.07) is 4.75. The number of rotatable bonds is 7. The minimum Gasteiger partial charge on any atom is -0.402 e. The van der Waals surface area contributed by atoms with Crippen LogP contribution in [0.4, 0.5) is 0 Å². The molecule has 4 nitrogen and oxygen atoms in total. The Labute approximate surface area is 133 Å². The highest BCUT2D eigenvalue weighted by Crippen LogP contribution is 2.53. The zero-order valence-corrected chi connectivity index (χ0v) is 14.1. The smallest absolute Gasteiger partial charge is 0.402 e. The molecule has 0 bridgehead atoms. The van der Waals surface area contributed by atoms with Gasteiger partial charge in [-0.15, -0.1) is 0 Å². The van der Waals surface area contributed by atoms with Crippen molar-refractivity contribution in [3.8, 4) is 0 Å². The van der Waals surface area contributed by atoms with Crippen molar-refractivity contribution in [2.45, 2.75) is 13.8 Å². The maximum Gasteiger partial charge on any atom is 0.530 e. The number of hydrogen-bond donors (Lipinski definition) is 0. The van der Waals surface area contributed by atoms with Crippen molar-refractivity contribution in [3.05, 3.63) is 39.3 Å². The summed E-state index contributed by atoms with van der Waals surface area (Å²) < 4.78 is 27.6. The topological polar surface area (TPSA) is 44.8 Å². The summed E-state index contributed by atoms with van der Waals surface area (Å²) in [5.41, 5.74) is 1.64. The van der Waals surface area contributed by atoms with Gasteiger partial charge < -0.3 is 4.52 Å². The predicted molar refractivity (Wildman–Crippen MR) is 82.2 cm³/mol. The molecule has 1 aromatic rings. The second kappa shape index (κ2) is 8.28. The predicted octanol–water partition coefficient (Wildman–Crippen LogP) is 5.73. The van der Waals surface area contributed by atoms with E-state index in [2.05, 4.69) is 0 Å². The second-order valence-corrected chi connectivity index (χ2v) is 6.10. The molecular weight excluding hydrogens is 345 g/mol. The van der Waals surface area contributed by atoms with Crippen LogP contribution in [0.5, 0.6) is 0 Å². The molecule has 0 amide bonds. The van der Waals surface area contributed by atoms with Gasteiger partial charge in [0.1, 0.15) is 5.76 Å². The minimum atomic E-state index is -3.71. The number of phosphoric acid groups is 1. The summed E-state index contributed by atoms with van der Waals surface area (Å²) in [5, 5.41) is 0.716. The first-order valence-corrected chi connectivity index (χ1v) is 8.45. The summed E-state index contributed by atoms with van der Waals surface area (Å²) >= 11 is 17.5. The van der Waals surface area contributed by atoms with E-state index in [0.29, 0.717) is 15.6 Å². The van der Waals surface area contributed by atoms with Gasteiger partial charge in [-0.05, 0) is 32.0 Å². The van der Waals surface area contributed by atoms with Crippen molar-refractivity contribution in [1.29, 1.82) is 0 Å². The standard InChI is InChI=1S/C12H14Cl3O4P/c1-3-17-20(16,18-4-2)19-12(8-13)9-5-6-10(14)11(15)7-9/h5-8H,3-4H2,1-2H3/b12-8-. The van der Waals surface area contributed by atoms with Crippen molar-refractivity contribution in [1.82, 2.24) is 0 Å². The van der Waals surface area contributed by atoms with E-state index in [9.17, 15) is 4.57 Å². The molecular formula is C12H14Cl3O4P. The Balaban J connectivity index is 3.01. The number of phosphoric ester groups is 1. The average molecular weight is 360 g/mol. The minimum absolute atomic E-state index is 0.121. The third-order valence-electron chi connectivity index (χ3n) is 2.09. The van der Waals surface area contributed by atoms with E-state index < -0.39 is 7.82 Å². The first kappa shape index (κ1) is 17.8. The fourth-order valence-electron chi connectivity index (χ4n) is 1.31. The van der Waals surface area contributed by atoms with Gasteiger partial charge in [-0.2, -0.15) is 0 Å². The van der Waals surface area contributed by atoms with E-state index in [0.717, 1.165) is 5.54 Å². The zero-order valence-electron chi connectivity index (χ0n) is 10.9. The van der Waals surface area contributed by atoms with Crippen LogP contribution < -0.4 is 0 Å². The third-order valence-corrected chi connectivity index (χ3v) is 4.59. The van der Waals surface area contributed by atoms with E-state index in [-0.39, 0.29) is 19.0 Å². The fourth-order valence-corrected chi connectivity index (χ4v) is 3.05. The first-order chi connectivity index (χ1) is 9.45. The maximum absolute atomic E-state index is 12.3. The molecule has 112 valence electrons. The second-order valence-electron chi connectivity index (χ2n) is 3.48. The van der Waals surface area contributed by atoms with Gasteiger partial charge >= 0.3 is 7.82 Å². The molecule has 1 aromatic carbocycles. The summed E-state index contributed by atoms with van der Waals surface area (Å²) in [4.78, 5) is 0. The largest absolute Gasteiger partial charge is 0.530 e. The molecule has 0 fully saturated rings. The molecule has 0 aliphatic heterocycles. The van der Waals surface area contributed by atoms with Gasteiger partial charge in [-0.3, -0.25) is 9.05 Å². The van der Waals surface area contributed by atoms with E-state index in [4.69, 9.17) is 48.4 Å². The molecule has 0 heterocycles. The van der Waals surface area contributed by atoms with E-state index in [1.807, 2.05) is 0 Å². The van der Waals surface area contributed by atoms with Crippen molar-refractivity contribution < 1.29 is 18.1 Å². The maximum atomic E-state index is 12.3. The van der Waals surface area contributed by atoms with Crippen LogP contribution in [0.1, 0.15) is 19.4 Å². The first-order valence-electron chi connectivity index (χ1n) is 5.80. The molecule has 0 spiro atoms. The van der Waals surface area contributed by atoms with Gasteiger partial charge in [0.05, 0.1) is 23.3 Å². The van der Waals surface area contributed by atoms with Crippen LogP contribution in [0.25, 0.3) is 5.76 Å². The van der Waals surface area contributed by atoms with Gasteiger partial charge in [-0.25, -0.2) is 4.57 Å². The molecule has 1 rings (SSSR count). The summed E-state index contributed by atoms with van der Waals surface area (Å²) in [6.07, 6.45) is 0. The fraction of sp³-hybridized carbons (Fsp3) is 0.333. The quantitative estimate of drug-likeness (QED) is 0.461. The number of halogens is 3. The summed E-state index contributed by atoms with van der Waals surface area (Å²) in [7, 11) is -3.71. The highest BCUT2D eigenvalue weighted by molar-refractivity contribution is 7.48. The van der Waals surface area contributed by atoms with Gasteiger partial charge in [0.25, 0.3) is 0 Å². The van der Waals surface area contributed by atoms with Crippen LogP contribution in [0, 0.1) is 0 Å². The lowest BCUT2D eigenvalue weighted by atomic mass is 10.2. The molecule has 0 aliphatic carbocycles. The van der Waals surface area contributed by atoms with Gasteiger partial charge in [-0.1, -0.05) is 34.8 Å². The van der Waals surface area contributed by atoms with E-state index in [1.165, 1.54) is 0 Å². The Bertz CT molecular complexity index is 523. The highest BCUT2D eigenvalue weighted by Gasteiger charge is 2.28. The Morgan fingerprint density at radius 2 is 1.80 bits per heavy atom. The number of benzene rings is 1. The van der Waals surface area contributed by atoms with E-state index in [1.54, 1.807) is 32.0 Å². The van der Waals surface area contributed by atoms with Crippen LogP contribution in [0.15, 0.2) is 23.7 Å². The van der Waals surface area contributed by atoms with Crippen LogP contribution in [0.3, 0.4) is 0 Å². The molecule has 0 aliphatic rings. The molecule has 0 atom stereocenters. The lowest BCUT2D eigenvalue weighted by molar-refractivity contribution is 0.159. The Morgan fingerprint density at radius 1 is 1.20 bits per heavy atom. The molecule has 0 saturated heterocycles. The van der Waals surface area contributed by atoms with Crippen molar-refractivity contribution in [2.24, 2.45) is 0 Å². The molecule has 8 heteroatoms. The van der Waals surface area contributed by atoms with Crippen LogP contribution in [0.2, 0.25) is 10.0 Å². The molecule has 0 aromatic heterocycles. The van der Waals surface area contributed by atoms with Crippen molar-refractivity contribution in [2.75, 3.05) is 13.2 Å². The van der Waals surface area contributed by atoms with Crippen LogP contribution in [-0.4, -0.2) is 13.2 Å². The van der Waals surface area contributed by atoms with Gasteiger partial charge in [0, 0.05) is 11.1 Å². The highest BCUT2D eigenvalue weighted by atomic mass is 35.5. The molecule has 0 unspecified atom stereocenters. The van der Waals surface area contributed by atoms with Crippen LogP contribution in [-0.2, 0) is 18.1 Å². The Morgan fingerprint density at radius 3 is 2.25 bits per heavy atom. The molecule has 20 heavy (non-hydrogen) atoms. The zero-order chi connectivity index (χ0) is 15.2. The average Bonchev–Trinajstić information content (AvgIpc) is 2.40. The Hall–Kier alpha value is -0.220. The van der Waals surface area contributed by atoms with Crippen molar-refractivity contribution >= 4 is 48.4 Å².